The Kier molecular flexibility index (Phi) is 6.65. The molecule has 1 aromatic heterocycles. The molecule has 30 heavy (non-hydrogen) atoms. The molecule has 0 aliphatic heterocycles. The number of anilines is 4. The van der Waals surface area contributed by atoms with Crippen molar-refractivity contribution >= 4 is 57.9 Å². The number of para-hydroxylation sites is 1. The van der Waals surface area contributed by atoms with Crippen LogP contribution in [0, 0.1) is 10.1 Å². The van der Waals surface area contributed by atoms with Gasteiger partial charge in [0.05, 0.1) is 22.8 Å². The Hall–Kier alpha value is -3.43. The van der Waals surface area contributed by atoms with E-state index in [4.69, 9.17) is 27.9 Å². The van der Waals surface area contributed by atoms with Crippen molar-refractivity contribution in [1.29, 1.82) is 0 Å². The molecule has 0 atom stereocenters. The topological polar surface area (TPSA) is 119 Å². The molecule has 0 bridgehead atoms. The first kappa shape index (κ1) is 21.3. The summed E-state index contributed by atoms with van der Waals surface area (Å²) >= 11 is 12.0. The quantitative estimate of drug-likeness (QED) is 0.282. The average Bonchev–Trinajstić information content (AvgIpc) is 2.67. The van der Waals surface area contributed by atoms with E-state index in [1.807, 2.05) is 0 Å². The molecule has 0 aliphatic rings. The molecule has 0 saturated carbocycles. The Labute approximate surface area is 181 Å². The minimum Gasteiger partial charge on any atom is -0.462 e. The molecule has 0 radical (unpaired) electrons. The van der Waals surface area contributed by atoms with E-state index in [1.165, 1.54) is 6.07 Å². The van der Waals surface area contributed by atoms with Crippen LogP contribution >= 0.6 is 23.2 Å². The number of nitrogens with one attached hydrogen (secondary N) is 2. The van der Waals surface area contributed by atoms with Crippen molar-refractivity contribution < 1.29 is 14.5 Å². The van der Waals surface area contributed by atoms with Gasteiger partial charge in [-0.2, -0.15) is 0 Å². The maximum atomic E-state index is 12.2. The molecular formula is C19H15Cl2N5O4. The molecule has 0 spiro atoms. The van der Waals surface area contributed by atoms with E-state index in [-0.39, 0.29) is 23.8 Å². The highest BCUT2D eigenvalue weighted by atomic mass is 35.5. The fraction of sp³-hybridized carbons (Fsp3) is 0.105. The molecule has 9 nitrogen and oxygen atoms in total. The largest absolute Gasteiger partial charge is 0.462 e. The monoisotopic (exact) mass is 447 g/mol. The van der Waals surface area contributed by atoms with Crippen LogP contribution < -0.4 is 10.6 Å². The van der Waals surface area contributed by atoms with Gasteiger partial charge in [0.2, 0.25) is 11.6 Å². The summed E-state index contributed by atoms with van der Waals surface area (Å²) in [6.07, 6.45) is 1.15. The SMILES string of the molecule is CCOC(=O)c1ccccc1Nc1ncnc(Nc2cc(Cl)cc(Cl)c2)c1[N+](=O)[O-]. The van der Waals surface area contributed by atoms with Crippen LogP contribution in [0.15, 0.2) is 48.8 Å². The second kappa shape index (κ2) is 9.38. The third-order valence-electron chi connectivity index (χ3n) is 3.81. The molecule has 2 aromatic carbocycles. The standard InChI is InChI=1S/C19H15Cl2N5O4/c1-2-30-19(27)14-5-3-4-6-15(14)25-18-16(26(28)29)17(22-10-23-18)24-13-8-11(20)7-12(21)9-13/h3-10H,2H2,1H3,(H2,22,23,24,25). The Morgan fingerprint density at radius 3 is 2.37 bits per heavy atom. The molecule has 11 heteroatoms. The average molecular weight is 448 g/mol. The number of aromatic nitrogens is 2. The lowest BCUT2D eigenvalue weighted by Gasteiger charge is -2.12. The maximum absolute atomic E-state index is 12.2. The van der Waals surface area contributed by atoms with Crippen molar-refractivity contribution in [3.8, 4) is 0 Å². The third kappa shape index (κ3) is 4.94. The predicted octanol–water partition coefficient (Wildman–Crippen LogP) is 5.36. The molecule has 3 aromatic rings. The van der Waals surface area contributed by atoms with E-state index in [9.17, 15) is 14.9 Å². The van der Waals surface area contributed by atoms with Crippen molar-refractivity contribution in [3.63, 3.8) is 0 Å². The number of hydrogen-bond acceptors (Lipinski definition) is 8. The second-order valence-corrected chi connectivity index (χ2v) is 6.72. The number of carbonyl (C=O) groups excluding carboxylic acids is 1. The van der Waals surface area contributed by atoms with Gasteiger partial charge >= 0.3 is 11.7 Å². The summed E-state index contributed by atoms with van der Waals surface area (Å²) in [6.45, 7) is 1.88. The zero-order valence-electron chi connectivity index (χ0n) is 15.6. The maximum Gasteiger partial charge on any atom is 0.353 e. The van der Waals surface area contributed by atoms with Crippen molar-refractivity contribution in [2.45, 2.75) is 6.92 Å². The van der Waals surface area contributed by atoms with Crippen molar-refractivity contribution in [2.75, 3.05) is 17.2 Å². The summed E-state index contributed by atoms with van der Waals surface area (Å²) in [7, 11) is 0. The molecule has 0 aliphatic carbocycles. The van der Waals surface area contributed by atoms with Crippen LogP contribution in [-0.4, -0.2) is 27.5 Å². The predicted molar refractivity (Wildman–Crippen MR) is 114 cm³/mol. The number of rotatable bonds is 7. The summed E-state index contributed by atoms with van der Waals surface area (Å²) in [5.74, 6) is -0.754. The van der Waals surface area contributed by atoms with E-state index < -0.39 is 16.6 Å². The summed E-state index contributed by atoms with van der Waals surface area (Å²) in [6, 6.07) is 11.1. The molecule has 0 saturated heterocycles. The summed E-state index contributed by atoms with van der Waals surface area (Å²) in [4.78, 5) is 31.3. The van der Waals surface area contributed by atoms with E-state index in [0.717, 1.165) is 6.33 Å². The van der Waals surface area contributed by atoms with E-state index in [0.29, 0.717) is 21.4 Å². The van der Waals surface area contributed by atoms with Crippen molar-refractivity contribution in [1.82, 2.24) is 9.97 Å². The summed E-state index contributed by atoms with van der Waals surface area (Å²) in [5.41, 5.74) is 0.498. The number of nitrogens with zero attached hydrogens (tertiary/aromatic N) is 3. The minimum atomic E-state index is -0.635. The van der Waals surface area contributed by atoms with Gasteiger partial charge in [0.15, 0.2) is 0 Å². The van der Waals surface area contributed by atoms with Crippen LogP contribution in [0.25, 0.3) is 0 Å². The first-order valence-electron chi connectivity index (χ1n) is 8.64. The van der Waals surface area contributed by atoms with Gasteiger partial charge < -0.3 is 15.4 Å². The Bertz CT molecular complexity index is 1090. The number of esters is 1. The van der Waals surface area contributed by atoms with Crippen LogP contribution in [0.3, 0.4) is 0 Å². The molecule has 3 rings (SSSR count). The number of halogens is 2. The van der Waals surface area contributed by atoms with Gasteiger partial charge in [0.25, 0.3) is 0 Å². The lowest BCUT2D eigenvalue weighted by atomic mass is 10.2. The molecule has 0 fully saturated rings. The van der Waals surface area contributed by atoms with E-state index >= 15 is 0 Å². The highest BCUT2D eigenvalue weighted by Gasteiger charge is 2.25. The van der Waals surface area contributed by atoms with Gasteiger partial charge in [-0.05, 0) is 37.3 Å². The molecule has 1 heterocycles. The second-order valence-electron chi connectivity index (χ2n) is 5.85. The van der Waals surface area contributed by atoms with E-state index in [1.54, 1.807) is 43.3 Å². The number of benzene rings is 2. The zero-order chi connectivity index (χ0) is 21.7. The normalized spacial score (nSPS) is 10.4. The van der Waals surface area contributed by atoms with Crippen LogP contribution in [0.2, 0.25) is 10.0 Å². The number of ether oxygens (including phenoxy) is 1. The highest BCUT2D eigenvalue weighted by molar-refractivity contribution is 6.35. The number of hydrogen-bond donors (Lipinski definition) is 2. The molecule has 2 N–H and O–H groups in total. The number of nitro groups is 1. The third-order valence-corrected chi connectivity index (χ3v) is 4.24. The molecule has 154 valence electrons. The first-order chi connectivity index (χ1) is 14.4. The van der Waals surface area contributed by atoms with Crippen molar-refractivity contribution in [3.05, 3.63) is 74.5 Å². The molecule has 0 amide bonds. The Balaban J connectivity index is 2.00. The Morgan fingerprint density at radius 1 is 1.10 bits per heavy atom. The van der Waals surface area contributed by atoms with Gasteiger partial charge in [-0.3, -0.25) is 10.1 Å². The van der Waals surface area contributed by atoms with Gasteiger partial charge in [-0.15, -0.1) is 0 Å². The van der Waals surface area contributed by atoms with Gasteiger partial charge in [-0.25, -0.2) is 14.8 Å². The lowest BCUT2D eigenvalue weighted by molar-refractivity contribution is -0.383. The van der Waals surface area contributed by atoms with Gasteiger partial charge in [0, 0.05) is 15.7 Å². The lowest BCUT2D eigenvalue weighted by Crippen LogP contribution is -2.10. The fourth-order valence-corrected chi connectivity index (χ4v) is 3.13. The number of carbonyl (C=O) groups is 1. The minimum absolute atomic E-state index is 0.0792. The van der Waals surface area contributed by atoms with Crippen molar-refractivity contribution in [2.24, 2.45) is 0 Å². The highest BCUT2D eigenvalue weighted by Crippen LogP contribution is 2.34. The fourth-order valence-electron chi connectivity index (χ4n) is 2.60. The smallest absolute Gasteiger partial charge is 0.353 e. The molecule has 0 unspecified atom stereocenters. The van der Waals surface area contributed by atoms with Gasteiger partial charge in [-0.1, -0.05) is 35.3 Å². The summed E-state index contributed by atoms with van der Waals surface area (Å²) < 4.78 is 5.03. The van der Waals surface area contributed by atoms with Crippen LogP contribution in [0.1, 0.15) is 17.3 Å². The zero-order valence-corrected chi connectivity index (χ0v) is 17.1. The molecular weight excluding hydrogens is 433 g/mol. The first-order valence-corrected chi connectivity index (χ1v) is 9.40. The summed E-state index contributed by atoms with van der Waals surface area (Å²) in [5, 5.41) is 18.1. The van der Waals surface area contributed by atoms with Gasteiger partial charge in [0.1, 0.15) is 6.33 Å². The van der Waals surface area contributed by atoms with Crippen LogP contribution in [0.4, 0.5) is 28.7 Å². The van der Waals surface area contributed by atoms with Crippen LogP contribution in [-0.2, 0) is 4.74 Å². The van der Waals surface area contributed by atoms with E-state index in [2.05, 4.69) is 20.6 Å². The van der Waals surface area contributed by atoms with Crippen LogP contribution in [0.5, 0.6) is 0 Å². The Morgan fingerprint density at radius 2 is 1.73 bits per heavy atom.